The van der Waals surface area contributed by atoms with Gasteiger partial charge in [0.2, 0.25) is 0 Å². The number of hydrogen-bond acceptors (Lipinski definition) is 4. The van der Waals surface area contributed by atoms with Gasteiger partial charge < -0.3 is 9.47 Å². The van der Waals surface area contributed by atoms with Crippen LogP contribution in [0.25, 0.3) is 0 Å². The second-order valence-electron chi connectivity index (χ2n) is 3.81. The second kappa shape index (κ2) is 7.69. The van der Waals surface area contributed by atoms with Crippen LogP contribution in [0.4, 0.5) is 0 Å². The van der Waals surface area contributed by atoms with Gasteiger partial charge in [0.05, 0.1) is 13.2 Å². The minimum Gasteiger partial charge on any atom is -0.465 e. The van der Waals surface area contributed by atoms with Crippen molar-refractivity contribution in [2.24, 2.45) is 5.41 Å². The van der Waals surface area contributed by atoms with Crippen molar-refractivity contribution in [1.82, 2.24) is 0 Å². The highest BCUT2D eigenvalue weighted by molar-refractivity contribution is 6.03. The van der Waals surface area contributed by atoms with Gasteiger partial charge in [-0.25, -0.2) is 0 Å². The molecule has 0 saturated carbocycles. The van der Waals surface area contributed by atoms with Gasteiger partial charge in [-0.2, -0.15) is 0 Å². The Kier molecular flexibility index (Phi) is 7.01. The molecule has 0 atom stereocenters. The van der Waals surface area contributed by atoms with E-state index in [-0.39, 0.29) is 19.6 Å². The van der Waals surface area contributed by atoms with E-state index in [1.54, 1.807) is 33.8 Å². The number of carbonyl (C=O) groups is 2. The standard InChI is InChI=1S/C14H22O4/c1-6-10-14(11(5)7-2,12(15)17-8-3)13(16)18-9-4/h6-7H,1,8-10H2,2-5H3. The maximum atomic E-state index is 12.2. The largest absolute Gasteiger partial charge is 0.465 e. The highest BCUT2D eigenvalue weighted by Crippen LogP contribution is 2.35. The van der Waals surface area contributed by atoms with Crippen molar-refractivity contribution in [2.45, 2.75) is 34.1 Å². The molecule has 0 aromatic carbocycles. The van der Waals surface area contributed by atoms with E-state index in [0.29, 0.717) is 5.57 Å². The maximum absolute atomic E-state index is 12.2. The third kappa shape index (κ3) is 3.22. The van der Waals surface area contributed by atoms with Gasteiger partial charge in [-0.1, -0.05) is 12.2 Å². The van der Waals surface area contributed by atoms with Crippen LogP contribution in [0.3, 0.4) is 0 Å². The Balaban J connectivity index is 5.63. The molecular formula is C14H22O4. The Morgan fingerprint density at radius 1 is 1.17 bits per heavy atom. The van der Waals surface area contributed by atoms with Gasteiger partial charge in [0.15, 0.2) is 5.41 Å². The molecule has 0 aromatic heterocycles. The van der Waals surface area contributed by atoms with Crippen molar-refractivity contribution in [3.05, 3.63) is 24.3 Å². The first-order chi connectivity index (χ1) is 8.50. The van der Waals surface area contributed by atoms with Gasteiger partial charge >= 0.3 is 11.9 Å². The first kappa shape index (κ1) is 16.4. The van der Waals surface area contributed by atoms with Crippen molar-refractivity contribution >= 4 is 11.9 Å². The van der Waals surface area contributed by atoms with Crippen LogP contribution < -0.4 is 0 Å². The number of ether oxygens (including phenoxy) is 2. The minimum atomic E-state index is -1.40. The lowest BCUT2D eigenvalue weighted by molar-refractivity contribution is -0.168. The van der Waals surface area contributed by atoms with Crippen molar-refractivity contribution < 1.29 is 19.1 Å². The van der Waals surface area contributed by atoms with Crippen molar-refractivity contribution in [3.8, 4) is 0 Å². The number of rotatable bonds is 7. The van der Waals surface area contributed by atoms with Crippen molar-refractivity contribution in [2.75, 3.05) is 13.2 Å². The average Bonchev–Trinajstić information content (AvgIpc) is 2.35. The lowest BCUT2D eigenvalue weighted by Crippen LogP contribution is -2.43. The number of allylic oxidation sites excluding steroid dienone is 2. The third-order valence-corrected chi connectivity index (χ3v) is 2.80. The highest BCUT2D eigenvalue weighted by Gasteiger charge is 2.49. The van der Waals surface area contributed by atoms with Gasteiger partial charge in [0, 0.05) is 0 Å². The van der Waals surface area contributed by atoms with E-state index in [1.165, 1.54) is 6.08 Å². The van der Waals surface area contributed by atoms with Crippen LogP contribution in [0.1, 0.15) is 34.1 Å². The van der Waals surface area contributed by atoms with E-state index in [2.05, 4.69) is 6.58 Å². The molecule has 0 aliphatic carbocycles. The predicted octanol–water partition coefficient (Wildman–Crippen LogP) is 2.64. The zero-order valence-corrected chi connectivity index (χ0v) is 11.6. The molecule has 4 heteroatoms. The maximum Gasteiger partial charge on any atom is 0.328 e. The van der Waals surface area contributed by atoms with E-state index in [1.807, 2.05) is 0 Å². The molecule has 0 heterocycles. The lowest BCUT2D eigenvalue weighted by atomic mass is 9.77. The highest BCUT2D eigenvalue weighted by atomic mass is 16.6. The summed E-state index contributed by atoms with van der Waals surface area (Å²) in [5, 5.41) is 0. The molecule has 0 spiro atoms. The molecule has 4 nitrogen and oxygen atoms in total. The molecule has 0 aromatic rings. The fourth-order valence-corrected chi connectivity index (χ4v) is 1.70. The quantitative estimate of drug-likeness (QED) is 0.398. The number of esters is 2. The molecule has 0 aliphatic rings. The Morgan fingerprint density at radius 3 is 1.89 bits per heavy atom. The van der Waals surface area contributed by atoms with Crippen LogP contribution in [0.5, 0.6) is 0 Å². The normalized spacial score (nSPS) is 11.9. The monoisotopic (exact) mass is 254 g/mol. The molecule has 0 aliphatic heterocycles. The fraction of sp³-hybridized carbons (Fsp3) is 0.571. The number of carbonyl (C=O) groups excluding carboxylic acids is 2. The summed E-state index contributed by atoms with van der Waals surface area (Å²) in [4.78, 5) is 24.3. The number of hydrogen-bond donors (Lipinski definition) is 0. The molecule has 18 heavy (non-hydrogen) atoms. The molecule has 0 fully saturated rings. The van der Waals surface area contributed by atoms with Crippen molar-refractivity contribution in [3.63, 3.8) is 0 Å². The summed E-state index contributed by atoms with van der Waals surface area (Å²) in [6.45, 7) is 10.9. The predicted molar refractivity (Wildman–Crippen MR) is 69.9 cm³/mol. The second-order valence-corrected chi connectivity index (χ2v) is 3.81. The lowest BCUT2D eigenvalue weighted by Gasteiger charge is -2.29. The van der Waals surface area contributed by atoms with E-state index in [4.69, 9.17) is 9.47 Å². The zero-order valence-electron chi connectivity index (χ0n) is 11.6. The van der Waals surface area contributed by atoms with Crippen LogP contribution in [0.15, 0.2) is 24.3 Å². The summed E-state index contributed by atoms with van der Waals surface area (Å²) in [7, 11) is 0. The van der Waals surface area contributed by atoms with Crippen LogP contribution in [0.2, 0.25) is 0 Å². The molecular weight excluding hydrogens is 232 g/mol. The van der Waals surface area contributed by atoms with E-state index in [9.17, 15) is 9.59 Å². The van der Waals surface area contributed by atoms with E-state index >= 15 is 0 Å². The average molecular weight is 254 g/mol. The van der Waals surface area contributed by atoms with Crippen LogP contribution in [-0.2, 0) is 19.1 Å². The summed E-state index contributed by atoms with van der Waals surface area (Å²) in [6.07, 6.45) is 3.42. The van der Waals surface area contributed by atoms with Gasteiger partial charge in [-0.3, -0.25) is 9.59 Å². The molecule has 0 N–H and O–H groups in total. The Hall–Kier alpha value is -1.58. The smallest absolute Gasteiger partial charge is 0.328 e. The molecule has 0 rings (SSSR count). The first-order valence-electron chi connectivity index (χ1n) is 6.09. The van der Waals surface area contributed by atoms with E-state index < -0.39 is 17.4 Å². The first-order valence-corrected chi connectivity index (χ1v) is 6.09. The summed E-state index contributed by atoms with van der Waals surface area (Å²) in [6, 6.07) is 0. The molecule has 0 amide bonds. The van der Waals surface area contributed by atoms with Crippen LogP contribution >= 0.6 is 0 Å². The molecule has 0 radical (unpaired) electrons. The van der Waals surface area contributed by atoms with Crippen LogP contribution in [0, 0.1) is 5.41 Å². The summed E-state index contributed by atoms with van der Waals surface area (Å²) in [5.41, 5.74) is -0.790. The molecule has 102 valence electrons. The molecule has 0 unspecified atom stereocenters. The summed E-state index contributed by atoms with van der Waals surface area (Å²) >= 11 is 0. The topological polar surface area (TPSA) is 52.6 Å². The minimum absolute atomic E-state index is 0.167. The fourth-order valence-electron chi connectivity index (χ4n) is 1.70. The Bertz CT molecular complexity index is 324. The van der Waals surface area contributed by atoms with Crippen molar-refractivity contribution in [1.29, 1.82) is 0 Å². The van der Waals surface area contributed by atoms with E-state index in [0.717, 1.165) is 0 Å². The summed E-state index contributed by atoms with van der Waals surface area (Å²) < 4.78 is 10.0. The molecule has 0 saturated heterocycles. The SMILES string of the molecule is C=CCC(C(=O)OCC)(C(=O)OCC)C(C)=CC. The van der Waals surface area contributed by atoms with Gasteiger partial charge in [-0.15, -0.1) is 6.58 Å². The Morgan fingerprint density at radius 2 is 1.61 bits per heavy atom. The Labute approximate surface area is 109 Å². The molecule has 0 bridgehead atoms. The van der Waals surface area contributed by atoms with Crippen LogP contribution in [-0.4, -0.2) is 25.2 Å². The van der Waals surface area contributed by atoms with Gasteiger partial charge in [-0.05, 0) is 39.7 Å². The third-order valence-electron chi connectivity index (χ3n) is 2.80. The summed E-state index contributed by atoms with van der Waals surface area (Å²) in [5.74, 6) is -1.17. The zero-order chi connectivity index (χ0) is 14.2. The van der Waals surface area contributed by atoms with Gasteiger partial charge in [0.25, 0.3) is 0 Å². The van der Waals surface area contributed by atoms with Gasteiger partial charge in [0.1, 0.15) is 0 Å².